The van der Waals surface area contributed by atoms with Gasteiger partial charge in [-0.3, -0.25) is 4.79 Å². The van der Waals surface area contributed by atoms with Gasteiger partial charge in [0, 0.05) is 10.7 Å². The summed E-state index contributed by atoms with van der Waals surface area (Å²) >= 11 is 5.73. The third kappa shape index (κ3) is 6.26. The van der Waals surface area contributed by atoms with E-state index in [0.29, 0.717) is 18.0 Å². The lowest BCUT2D eigenvalue weighted by Gasteiger charge is -2.07. The summed E-state index contributed by atoms with van der Waals surface area (Å²) in [7, 11) is 0. The number of aliphatic hydroxyl groups excluding tert-OH is 1. The molecule has 3 N–H and O–H groups in total. The Labute approximate surface area is 106 Å². The molecule has 1 atom stereocenters. The van der Waals surface area contributed by atoms with Crippen LogP contribution in [0.15, 0.2) is 24.3 Å². The maximum Gasteiger partial charge on any atom is 0.238 e. The molecule has 0 saturated heterocycles. The maximum atomic E-state index is 11.5. The van der Waals surface area contributed by atoms with Gasteiger partial charge in [-0.1, -0.05) is 11.6 Å². The van der Waals surface area contributed by atoms with Crippen LogP contribution in [0.2, 0.25) is 5.02 Å². The fourth-order valence-electron chi connectivity index (χ4n) is 1.25. The molecule has 0 aliphatic rings. The van der Waals surface area contributed by atoms with Gasteiger partial charge >= 0.3 is 0 Å². The summed E-state index contributed by atoms with van der Waals surface area (Å²) in [6, 6.07) is 6.93. The van der Waals surface area contributed by atoms with Crippen LogP contribution in [-0.4, -0.2) is 30.2 Å². The van der Waals surface area contributed by atoms with Gasteiger partial charge in [0.05, 0.1) is 12.6 Å². The van der Waals surface area contributed by atoms with E-state index in [0.717, 1.165) is 5.69 Å². The first-order valence-electron chi connectivity index (χ1n) is 5.52. The number of nitrogens with one attached hydrogen (secondary N) is 2. The highest BCUT2D eigenvalue weighted by Gasteiger charge is 2.02. The van der Waals surface area contributed by atoms with Crippen LogP contribution in [0, 0.1) is 0 Å². The van der Waals surface area contributed by atoms with E-state index in [4.69, 9.17) is 16.7 Å². The Morgan fingerprint density at radius 2 is 2.06 bits per heavy atom. The van der Waals surface area contributed by atoms with Crippen molar-refractivity contribution in [3.63, 3.8) is 0 Å². The molecule has 1 unspecified atom stereocenters. The van der Waals surface area contributed by atoms with Gasteiger partial charge in [0.1, 0.15) is 0 Å². The summed E-state index contributed by atoms with van der Waals surface area (Å²) in [4.78, 5) is 11.5. The van der Waals surface area contributed by atoms with Gasteiger partial charge in [0.2, 0.25) is 5.91 Å². The number of hydrogen-bond donors (Lipinski definition) is 3. The summed E-state index contributed by atoms with van der Waals surface area (Å²) in [5, 5.41) is 15.3. The van der Waals surface area contributed by atoms with Gasteiger partial charge in [-0.15, -0.1) is 0 Å². The number of amides is 1. The van der Waals surface area contributed by atoms with E-state index in [1.807, 2.05) is 0 Å². The van der Waals surface area contributed by atoms with Crippen molar-refractivity contribution in [2.24, 2.45) is 0 Å². The maximum absolute atomic E-state index is 11.5. The number of hydrogen-bond acceptors (Lipinski definition) is 3. The Morgan fingerprint density at radius 3 is 2.65 bits per heavy atom. The number of anilines is 1. The Balaban J connectivity index is 2.23. The normalized spacial score (nSPS) is 12.2. The fourth-order valence-corrected chi connectivity index (χ4v) is 1.38. The fraction of sp³-hybridized carbons (Fsp3) is 0.417. The zero-order valence-corrected chi connectivity index (χ0v) is 10.5. The minimum atomic E-state index is -0.346. The van der Waals surface area contributed by atoms with Crippen molar-refractivity contribution in [2.75, 3.05) is 18.4 Å². The minimum Gasteiger partial charge on any atom is -0.393 e. The molecule has 0 aliphatic carbocycles. The number of carbonyl (C=O) groups is 1. The number of aliphatic hydroxyl groups is 1. The lowest BCUT2D eigenvalue weighted by molar-refractivity contribution is -0.115. The minimum absolute atomic E-state index is 0.113. The number of benzene rings is 1. The Hall–Kier alpha value is -1.10. The second-order valence-corrected chi connectivity index (χ2v) is 4.31. The summed E-state index contributed by atoms with van der Waals surface area (Å²) in [6.45, 7) is 2.57. The third-order valence-electron chi connectivity index (χ3n) is 2.15. The highest BCUT2D eigenvalue weighted by atomic mass is 35.5. The van der Waals surface area contributed by atoms with E-state index >= 15 is 0 Å². The van der Waals surface area contributed by atoms with Crippen LogP contribution < -0.4 is 10.6 Å². The summed E-state index contributed by atoms with van der Waals surface area (Å²) in [6.07, 6.45) is 0.288. The van der Waals surface area contributed by atoms with Crippen LogP contribution in [0.3, 0.4) is 0 Å². The Kier molecular flexibility index (Phi) is 5.97. The molecule has 1 amide bonds. The zero-order chi connectivity index (χ0) is 12.7. The van der Waals surface area contributed by atoms with Crippen molar-refractivity contribution < 1.29 is 9.90 Å². The molecule has 5 heteroatoms. The summed E-state index contributed by atoms with van der Waals surface area (Å²) in [5.74, 6) is -0.113. The van der Waals surface area contributed by atoms with E-state index in [2.05, 4.69) is 10.6 Å². The van der Waals surface area contributed by atoms with Crippen molar-refractivity contribution in [1.82, 2.24) is 5.32 Å². The molecule has 94 valence electrons. The van der Waals surface area contributed by atoms with Crippen LogP contribution in [0.25, 0.3) is 0 Å². The standard InChI is InChI=1S/C12H17ClN2O2/c1-9(16)6-7-14-8-12(17)15-11-4-2-10(13)3-5-11/h2-5,9,14,16H,6-8H2,1H3,(H,15,17). The average Bonchev–Trinajstić information content (AvgIpc) is 2.27. The number of rotatable bonds is 6. The van der Waals surface area contributed by atoms with Crippen LogP contribution in [-0.2, 0) is 4.79 Å². The molecule has 0 bridgehead atoms. The molecule has 1 rings (SSSR count). The van der Waals surface area contributed by atoms with E-state index < -0.39 is 0 Å². The molecule has 17 heavy (non-hydrogen) atoms. The van der Waals surface area contributed by atoms with E-state index in [-0.39, 0.29) is 18.6 Å². The van der Waals surface area contributed by atoms with E-state index in [1.165, 1.54) is 0 Å². The predicted molar refractivity (Wildman–Crippen MR) is 69.2 cm³/mol. The van der Waals surface area contributed by atoms with Crippen molar-refractivity contribution in [3.05, 3.63) is 29.3 Å². The molecule has 0 spiro atoms. The van der Waals surface area contributed by atoms with Gasteiger partial charge in [0.15, 0.2) is 0 Å². The first kappa shape index (κ1) is 14.0. The summed E-state index contributed by atoms with van der Waals surface area (Å²) in [5.41, 5.74) is 0.719. The molecule has 0 fully saturated rings. The van der Waals surface area contributed by atoms with E-state index in [9.17, 15) is 4.79 Å². The van der Waals surface area contributed by atoms with Crippen molar-refractivity contribution >= 4 is 23.2 Å². The van der Waals surface area contributed by atoms with Gasteiger partial charge in [-0.05, 0) is 44.2 Å². The molecular formula is C12H17ClN2O2. The van der Waals surface area contributed by atoms with E-state index in [1.54, 1.807) is 31.2 Å². The van der Waals surface area contributed by atoms with Crippen molar-refractivity contribution in [2.45, 2.75) is 19.4 Å². The largest absolute Gasteiger partial charge is 0.393 e. The van der Waals surface area contributed by atoms with Crippen molar-refractivity contribution in [1.29, 1.82) is 0 Å². The number of halogens is 1. The number of carbonyl (C=O) groups excluding carboxylic acids is 1. The first-order chi connectivity index (χ1) is 8.08. The predicted octanol–water partition coefficient (Wildman–Crippen LogP) is 1.64. The monoisotopic (exact) mass is 256 g/mol. The van der Waals surface area contributed by atoms with Gasteiger partial charge < -0.3 is 15.7 Å². The lowest BCUT2D eigenvalue weighted by atomic mass is 10.3. The molecule has 0 heterocycles. The Bertz CT molecular complexity index is 352. The molecular weight excluding hydrogens is 240 g/mol. The van der Waals surface area contributed by atoms with Crippen LogP contribution in [0.1, 0.15) is 13.3 Å². The quantitative estimate of drug-likeness (QED) is 0.678. The average molecular weight is 257 g/mol. The molecule has 1 aromatic carbocycles. The zero-order valence-electron chi connectivity index (χ0n) is 9.74. The molecule has 0 aliphatic heterocycles. The SMILES string of the molecule is CC(O)CCNCC(=O)Nc1ccc(Cl)cc1. The summed E-state index contributed by atoms with van der Waals surface area (Å²) < 4.78 is 0. The molecule has 4 nitrogen and oxygen atoms in total. The molecule has 1 aromatic rings. The second kappa shape index (κ2) is 7.27. The molecule has 0 saturated carbocycles. The second-order valence-electron chi connectivity index (χ2n) is 3.87. The van der Waals surface area contributed by atoms with Crippen LogP contribution >= 0.6 is 11.6 Å². The highest BCUT2D eigenvalue weighted by molar-refractivity contribution is 6.30. The molecule has 0 radical (unpaired) electrons. The van der Waals surface area contributed by atoms with Gasteiger partial charge in [0.25, 0.3) is 0 Å². The van der Waals surface area contributed by atoms with Crippen molar-refractivity contribution in [3.8, 4) is 0 Å². The van der Waals surface area contributed by atoms with Crippen LogP contribution in [0.5, 0.6) is 0 Å². The molecule has 0 aromatic heterocycles. The Morgan fingerprint density at radius 1 is 1.41 bits per heavy atom. The first-order valence-corrected chi connectivity index (χ1v) is 5.90. The van der Waals surface area contributed by atoms with Crippen LogP contribution in [0.4, 0.5) is 5.69 Å². The smallest absolute Gasteiger partial charge is 0.238 e. The van der Waals surface area contributed by atoms with Gasteiger partial charge in [-0.25, -0.2) is 0 Å². The lowest BCUT2D eigenvalue weighted by Crippen LogP contribution is -2.29. The topological polar surface area (TPSA) is 61.4 Å². The third-order valence-corrected chi connectivity index (χ3v) is 2.40. The highest BCUT2D eigenvalue weighted by Crippen LogP contribution is 2.12. The van der Waals surface area contributed by atoms with Gasteiger partial charge in [-0.2, -0.15) is 0 Å².